The van der Waals surface area contributed by atoms with Crippen LogP contribution in [0.2, 0.25) is 0 Å². The van der Waals surface area contributed by atoms with Crippen molar-refractivity contribution < 1.29 is 19.2 Å². The average Bonchev–Trinajstić information content (AvgIpc) is 3.02. The fraction of sp³-hybridized carbons (Fsp3) is 0.130. The molecule has 3 aromatic carbocycles. The molecule has 0 spiro atoms. The largest absolute Gasteiger partial charge is 0.273 e. The number of rotatable bonds is 4. The number of imide groups is 1. The normalized spacial score (nSPS) is 13.8. The highest BCUT2D eigenvalue weighted by Gasteiger charge is 2.40. The Kier molecular flexibility index (Phi) is 5.02. The SMILES string of the molecule is CC(C(=O)NNC(=O)Cc1cccc2ccccc12)N1C(=O)c2ccccc2C1=O. The van der Waals surface area contributed by atoms with Gasteiger partial charge in [-0.15, -0.1) is 0 Å². The molecule has 1 unspecified atom stereocenters. The highest BCUT2D eigenvalue weighted by molar-refractivity contribution is 6.22. The molecule has 0 saturated carbocycles. The van der Waals surface area contributed by atoms with Crippen molar-refractivity contribution in [2.45, 2.75) is 19.4 Å². The lowest BCUT2D eigenvalue weighted by Gasteiger charge is -2.21. The zero-order valence-electron chi connectivity index (χ0n) is 16.2. The van der Waals surface area contributed by atoms with Crippen molar-refractivity contribution in [2.75, 3.05) is 0 Å². The summed E-state index contributed by atoms with van der Waals surface area (Å²) in [5.74, 6) is -2.12. The summed E-state index contributed by atoms with van der Waals surface area (Å²) in [7, 11) is 0. The van der Waals surface area contributed by atoms with Crippen LogP contribution in [0.15, 0.2) is 66.7 Å². The van der Waals surface area contributed by atoms with Crippen LogP contribution in [0.4, 0.5) is 0 Å². The predicted molar refractivity (Wildman–Crippen MR) is 110 cm³/mol. The molecular formula is C23H19N3O4. The fourth-order valence-electron chi connectivity index (χ4n) is 3.58. The van der Waals surface area contributed by atoms with E-state index in [0.717, 1.165) is 21.2 Å². The molecule has 7 heteroatoms. The Morgan fingerprint density at radius 1 is 0.833 bits per heavy atom. The maximum Gasteiger partial charge on any atom is 0.262 e. The number of nitrogens with one attached hydrogen (secondary N) is 2. The van der Waals surface area contributed by atoms with Gasteiger partial charge in [0, 0.05) is 0 Å². The third-order valence-electron chi connectivity index (χ3n) is 5.15. The quantitative estimate of drug-likeness (QED) is 0.518. The Morgan fingerprint density at radius 2 is 1.43 bits per heavy atom. The first-order chi connectivity index (χ1) is 14.5. The molecule has 150 valence electrons. The first kappa shape index (κ1) is 19.3. The standard InChI is InChI=1S/C23H19N3O4/c1-14(26-22(29)18-11-4-5-12-19(18)23(26)30)21(28)25-24-20(27)13-16-9-6-8-15-7-2-3-10-17(15)16/h2-12,14H,13H2,1H3,(H,24,27)(H,25,28). The van der Waals surface area contributed by atoms with Gasteiger partial charge in [0.2, 0.25) is 5.91 Å². The van der Waals surface area contributed by atoms with Crippen molar-refractivity contribution in [3.05, 3.63) is 83.4 Å². The molecule has 0 bridgehead atoms. The zero-order chi connectivity index (χ0) is 21.3. The van der Waals surface area contributed by atoms with Gasteiger partial charge in [0.25, 0.3) is 17.7 Å². The molecule has 0 radical (unpaired) electrons. The minimum Gasteiger partial charge on any atom is -0.273 e. The summed E-state index contributed by atoms with van der Waals surface area (Å²) in [6.45, 7) is 1.44. The van der Waals surface area contributed by atoms with E-state index in [-0.39, 0.29) is 17.5 Å². The molecule has 3 aromatic rings. The smallest absolute Gasteiger partial charge is 0.262 e. The number of hydrogen-bond acceptors (Lipinski definition) is 4. The van der Waals surface area contributed by atoms with Crippen LogP contribution in [0, 0.1) is 0 Å². The number of amides is 4. The van der Waals surface area contributed by atoms with Crippen LogP contribution in [0.25, 0.3) is 10.8 Å². The van der Waals surface area contributed by atoms with Crippen molar-refractivity contribution in [3.63, 3.8) is 0 Å². The van der Waals surface area contributed by atoms with E-state index in [9.17, 15) is 19.2 Å². The van der Waals surface area contributed by atoms with Crippen molar-refractivity contribution in [3.8, 4) is 0 Å². The minimum absolute atomic E-state index is 0.0725. The Bertz CT molecular complexity index is 1150. The van der Waals surface area contributed by atoms with Gasteiger partial charge in [-0.05, 0) is 35.4 Å². The zero-order valence-corrected chi connectivity index (χ0v) is 16.2. The second kappa shape index (κ2) is 7.79. The van der Waals surface area contributed by atoms with Gasteiger partial charge in [-0.3, -0.25) is 34.9 Å². The fourth-order valence-corrected chi connectivity index (χ4v) is 3.58. The molecule has 4 amide bonds. The molecule has 1 heterocycles. The third kappa shape index (κ3) is 3.41. The van der Waals surface area contributed by atoms with Crippen LogP contribution >= 0.6 is 0 Å². The monoisotopic (exact) mass is 401 g/mol. The van der Waals surface area contributed by atoms with Gasteiger partial charge in [0.15, 0.2) is 0 Å². The summed E-state index contributed by atoms with van der Waals surface area (Å²) in [5, 5.41) is 1.98. The van der Waals surface area contributed by atoms with Crippen LogP contribution in [-0.4, -0.2) is 34.6 Å². The number of carbonyl (C=O) groups excluding carboxylic acids is 4. The Labute approximate surface area is 172 Å². The maximum atomic E-state index is 12.5. The lowest BCUT2D eigenvalue weighted by molar-refractivity contribution is -0.130. The minimum atomic E-state index is -1.07. The molecular weight excluding hydrogens is 382 g/mol. The van der Waals surface area contributed by atoms with Crippen LogP contribution in [0.1, 0.15) is 33.2 Å². The van der Waals surface area contributed by atoms with E-state index >= 15 is 0 Å². The molecule has 30 heavy (non-hydrogen) atoms. The molecule has 7 nitrogen and oxygen atoms in total. The van der Waals surface area contributed by atoms with Crippen molar-refractivity contribution in [2.24, 2.45) is 0 Å². The lowest BCUT2D eigenvalue weighted by atomic mass is 10.0. The highest BCUT2D eigenvalue weighted by Crippen LogP contribution is 2.24. The molecule has 0 aromatic heterocycles. The topological polar surface area (TPSA) is 95.6 Å². The molecule has 0 saturated heterocycles. The summed E-state index contributed by atoms with van der Waals surface area (Å²) >= 11 is 0. The van der Waals surface area contributed by atoms with E-state index in [1.807, 2.05) is 42.5 Å². The van der Waals surface area contributed by atoms with Crippen molar-refractivity contribution in [1.82, 2.24) is 15.8 Å². The third-order valence-corrected chi connectivity index (χ3v) is 5.15. The molecule has 0 aliphatic carbocycles. The number of nitrogens with zero attached hydrogens (tertiary/aromatic N) is 1. The van der Waals surface area contributed by atoms with Gasteiger partial charge in [-0.1, -0.05) is 54.6 Å². The Morgan fingerprint density at radius 3 is 2.13 bits per heavy atom. The van der Waals surface area contributed by atoms with Gasteiger partial charge in [-0.2, -0.15) is 0 Å². The maximum absolute atomic E-state index is 12.5. The number of carbonyl (C=O) groups is 4. The van der Waals surface area contributed by atoms with Crippen LogP contribution in [0.5, 0.6) is 0 Å². The van der Waals surface area contributed by atoms with Gasteiger partial charge in [0.1, 0.15) is 6.04 Å². The lowest BCUT2D eigenvalue weighted by Crippen LogP contribution is -2.53. The summed E-state index contributed by atoms with van der Waals surface area (Å²) in [5.41, 5.74) is 6.03. The summed E-state index contributed by atoms with van der Waals surface area (Å²) in [6, 6.07) is 18.7. The summed E-state index contributed by atoms with van der Waals surface area (Å²) in [6.07, 6.45) is 0.0725. The molecule has 4 rings (SSSR count). The second-order valence-electron chi connectivity index (χ2n) is 7.05. The second-order valence-corrected chi connectivity index (χ2v) is 7.05. The first-order valence-electron chi connectivity index (χ1n) is 9.49. The van der Waals surface area contributed by atoms with Crippen molar-refractivity contribution in [1.29, 1.82) is 0 Å². The molecule has 2 N–H and O–H groups in total. The van der Waals surface area contributed by atoms with Gasteiger partial charge in [-0.25, -0.2) is 0 Å². The molecule has 1 atom stereocenters. The number of benzene rings is 3. The van der Waals surface area contributed by atoms with Gasteiger partial charge >= 0.3 is 0 Å². The predicted octanol–water partition coefficient (Wildman–Crippen LogP) is 2.21. The van der Waals surface area contributed by atoms with E-state index in [2.05, 4.69) is 10.9 Å². The number of hydrogen-bond donors (Lipinski definition) is 2. The van der Waals surface area contributed by atoms with E-state index in [1.54, 1.807) is 24.3 Å². The number of hydrazine groups is 1. The highest BCUT2D eigenvalue weighted by atomic mass is 16.2. The Balaban J connectivity index is 1.39. The van der Waals surface area contributed by atoms with Crippen molar-refractivity contribution >= 4 is 34.4 Å². The Hall–Kier alpha value is -4.00. The van der Waals surface area contributed by atoms with Gasteiger partial charge in [0.05, 0.1) is 17.5 Å². The van der Waals surface area contributed by atoms with Crippen LogP contribution < -0.4 is 10.9 Å². The van der Waals surface area contributed by atoms with Crippen LogP contribution in [0.3, 0.4) is 0 Å². The van der Waals surface area contributed by atoms with E-state index in [1.165, 1.54) is 6.92 Å². The summed E-state index contributed by atoms with van der Waals surface area (Å²) in [4.78, 5) is 50.7. The van der Waals surface area contributed by atoms with E-state index in [4.69, 9.17) is 0 Å². The molecule has 1 aliphatic heterocycles. The van der Waals surface area contributed by atoms with Gasteiger partial charge < -0.3 is 0 Å². The van der Waals surface area contributed by atoms with Crippen LogP contribution in [-0.2, 0) is 16.0 Å². The summed E-state index contributed by atoms with van der Waals surface area (Å²) < 4.78 is 0. The molecule has 1 aliphatic rings. The van der Waals surface area contributed by atoms with E-state index < -0.39 is 29.7 Å². The van der Waals surface area contributed by atoms with E-state index in [0.29, 0.717) is 0 Å². The number of fused-ring (bicyclic) bond motifs is 2. The molecule has 0 fully saturated rings. The average molecular weight is 401 g/mol. The first-order valence-corrected chi connectivity index (χ1v) is 9.49.